The van der Waals surface area contributed by atoms with Crippen LogP contribution in [0.1, 0.15) is 61.7 Å². The summed E-state index contributed by atoms with van der Waals surface area (Å²) < 4.78 is 0. The highest BCUT2D eigenvalue weighted by Crippen LogP contribution is 2.31. The molecule has 176 valence electrons. The average molecular weight is 450 g/mol. The summed E-state index contributed by atoms with van der Waals surface area (Å²) in [6, 6.07) is 10.8. The van der Waals surface area contributed by atoms with Gasteiger partial charge in [-0.25, -0.2) is 0 Å². The van der Waals surface area contributed by atoms with Gasteiger partial charge in [0.15, 0.2) is 0 Å². The summed E-state index contributed by atoms with van der Waals surface area (Å²) in [4.78, 5) is 30.8. The van der Waals surface area contributed by atoms with Gasteiger partial charge in [0, 0.05) is 37.6 Å². The topological polar surface area (TPSA) is 72.9 Å². The molecule has 2 heterocycles. The van der Waals surface area contributed by atoms with E-state index in [1.165, 1.54) is 32.1 Å². The van der Waals surface area contributed by atoms with Gasteiger partial charge in [-0.3, -0.25) is 14.5 Å². The van der Waals surface area contributed by atoms with E-state index in [2.05, 4.69) is 10.2 Å². The van der Waals surface area contributed by atoms with Crippen LogP contribution in [0, 0.1) is 5.92 Å². The SMILES string of the molecule is O=C(N[C@H]1C[C@@H](C(=O)N2CCCC2)N(CC2CCCCC2)C1)c1ccc2ccccc2c1O. The summed E-state index contributed by atoms with van der Waals surface area (Å²) in [6.45, 7) is 3.35. The van der Waals surface area contributed by atoms with Gasteiger partial charge in [0.1, 0.15) is 5.75 Å². The summed E-state index contributed by atoms with van der Waals surface area (Å²) in [5.74, 6) is 0.628. The van der Waals surface area contributed by atoms with Gasteiger partial charge in [0.05, 0.1) is 11.6 Å². The van der Waals surface area contributed by atoms with E-state index < -0.39 is 0 Å². The molecule has 6 heteroatoms. The fourth-order valence-electron chi connectivity index (χ4n) is 6.02. The third-order valence-electron chi connectivity index (χ3n) is 7.80. The van der Waals surface area contributed by atoms with Crippen molar-refractivity contribution in [3.63, 3.8) is 0 Å². The van der Waals surface area contributed by atoms with Crippen LogP contribution in [0.25, 0.3) is 10.8 Å². The number of likely N-dealkylation sites (tertiary alicyclic amines) is 2. The molecule has 2 saturated heterocycles. The number of carbonyl (C=O) groups is 2. The Morgan fingerprint density at radius 3 is 2.52 bits per heavy atom. The van der Waals surface area contributed by atoms with Crippen molar-refractivity contribution in [2.75, 3.05) is 26.2 Å². The average Bonchev–Trinajstić information content (AvgIpc) is 3.50. The van der Waals surface area contributed by atoms with Gasteiger partial charge in [0.25, 0.3) is 5.91 Å². The van der Waals surface area contributed by atoms with Crippen molar-refractivity contribution in [3.05, 3.63) is 42.0 Å². The summed E-state index contributed by atoms with van der Waals surface area (Å²) in [6.07, 6.45) is 9.18. The summed E-state index contributed by atoms with van der Waals surface area (Å²) in [5.41, 5.74) is 0.293. The molecule has 2 aliphatic heterocycles. The van der Waals surface area contributed by atoms with Gasteiger partial charge in [0.2, 0.25) is 5.91 Å². The van der Waals surface area contributed by atoms with Crippen molar-refractivity contribution < 1.29 is 14.7 Å². The number of fused-ring (bicyclic) bond motifs is 1. The zero-order chi connectivity index (χ0) is 22.8. The Bertz CT molecular complexity index is 1010. The van der Waals surface area contributed by atoms with Crippen molar-refractivity contribution in [3.8, 4) is 5.75 Å². The van der Waals surface area contributed by atoms with Crippen molar-refractivity contribution in [1.82, 2.24) is 15.1 Å². The Balaban J connectivity index is 1.31. The van der Waals surface area contributed by atoms with Crippen molar-refractivity contribution in [1.29, 1.82) is 0 Å². The van der Waals surface area contributed by atoms with E-state index in [4.69, 9.17) is 0 Å². The molecule has 2 N–H and O–H groups in total. The zero-order valence-corrected chi connectivity index (χ0v) is 19.3. The van der Waals surface area contributed by atoms with Crippen LogP contribution >= 0.6 is 0 Å². The quantitative estimate of drug-likeness (QED) is 0.726. The third kappa shape index (κ3) is 4.72. The molecule has 0 bridgehead atoms. The molecule has 3 fully saturated rings. The van der Waals surface area contributed by atoms with E-state index in [-0.39, 0.29) is 29.6 Å². The number of rotatable bonds is 5. The van der Waals surface area contributed by atoms with Gasteiger partial charge in [-0.15, -0.1) is 0 Å². The van der Waals surface area contributed by atoms with E-state index in [9.17, 15) is 14.7 Å². The number of hydrogen-bond acceptors (Lipinski definition) is 4. The minimum absolute atomic E-state index is 0.0207. The molecule has 0 aromatic heterocycles. The number of aromatic hydroxyl groups is 1. The number of carbonyl (C=O) groups excluding carboxylic acids is 2. The second kappa shape index (κ2) is 9.72. The first-order valence-corrected chi connectivity index (χ1v) is 12.6. The molecule has 0 unspecified atom stereocenters. The summed E-state index contributed by atoms with van der Waals surface area (Å²) >= 11 is 0. The zero-order valence-electron chi connectivity index (χ0n) is 19.3. The van der Waals surface area contributed by atoms with Crippen LogP contribution in [0.3, 0.4) is 0 Å². The van der Waals surface area contributed by atoms with Crippen molar-refractivity contribution >= 4 is 22.6 Å². The molecule has 1 saturated carbocycles. The molecule has 3 aliphatic rings. The largest absolute Gasteiger partial charge is 0.506 e. The van der Waals surface area contributed by atoms with Gasteiger partial charge in [-0.2, -0.15) is 0 Å². The lowest BCUT2D eigenvalue weighted by Gasteiger charge is -2.32. The number of hydrogen-bond donors (Lipinski definition) is 2. The highest BCUT2D eigenvalue weighted by Gasteiger charge is 2.40. The fraction of sp³-hybridized carbons (Fsp3) is 0.556. The second-order valence-corrected chi connectivity index (χ2v) is 10.1. The number of amides is 2. The number of phenolic OH excluding ortho intramolecular Hbond substituents is 1. The van der Waals surface area contributed by atoms with Crippen LogP contribution in [0.5, 0.6) is 5.75 Å². The van der Waals surface area contributed by atoms with Gasteiger partial charge in [-0.05, 0) is 49.5 Å². The van der Waals surface area contributed by atoms with E-state index in [0.29, 0.717) is 29.8 Å². The molecular formula is C27H35N3O3. The maximum absolute atomic E-state index is 13.3. The van der Waals surface area contributed by atoms with Gasteiger partial charge in [-0.1, -0.05) is 49.6 Å². The molecule has 2 aromatic carbocycles. The van der Waals surface area contributed by atoms with E-state index in [1.807, 2.05) is 35.2 Å². The van der Waals surface area contributed by atoms with Gasteiger partial charge >= 0.3 is 0 Å². The van der Waals surface area contributed by atoms with Crippen LogP contribution in [-0.2, 0) is 4.79 Å². The molecule has 0 radical (unpaired) electrons. The normalized spacial score (nSPS) is 24.4. The molecule has 5 rings (SSSR count). The molecule has 6 nitrogen and oxygen atoms in total. The number of nitrogens with one attached hydrogen (secondary N) is 1. The monoisotopic (exact) mass is 449 g/mol. The molecular weight excluding hydrogens is 414 g/mol. The Hall–Kier alpha value is -2.60. The lowest BCUT2D eigenvalue weighted by Crippen LogP contribution is -2.46. The molecule has 2 amide bonds. The van der Waals surface area contributed by atoms with Crippen LogP contribution < -0.4 is 5.32 Å². The standard InChI is InChI=1S/C27H35N3O3/c31-25-22-11-5-4-10-20(22)12-13-23(25)26(32)28-21-16-24(27(33)29-14-6-7-15-29)30(18-21)17-19-8-2-1-3-9-19/h4-5,10-13,19,21,24,31H,1-3,6-9,14-18H2,(H,28,32)/t21-,24-/m0/s1. The fourth-order valence-corrected chi connectivity index (χ4v) is 6.02. The van der Waals surface area contributed by atoms with Crippen molar-refractivity contribution in [2.24, 2.45) is 5.92 Å². The molecule has 33 heavy (non-hydrogen) atoms. The highest BCUT2D eigenvalue weighted by molar-refractivity contribution is 6.03. The maximum atomic E-state index is 13.3. The lowest BCUT2D eigenvalue weighted by molar-refractivity contribution is -0.135. The Kier molecular flexibility index (Phi) is 6.54. The number of phenols is 1. The van der Waals surface area contributed by atoms with Crippen molar-refractivity contribution in [2.45, 2.75) is 63.5 Å². The minimum atomic E-state index is -0.268. The van der Waals surface area contributed by atoms with Gasteiger partial charge < -0.3 is 15.3 Å². The van der Waals surface area contributed by atoms with Crippen LogP contribution in [-0.4, -0.2) is 65.0 Å². The highest BCUT2D eigenvalue weighted by atomic mass is 16.3. The first-order chi connectivity index (χ1) is 16.1. The molecule has 0 spiro atoms. The third-order valence-corrected chi connectivity index (χ3v) is 7.80. The predicted octanol–water partition coefficient (Wildman–Crippen LogP) is 3.92. The number of nitrogens with zero attached hydrogens (tertiary/aromatic N) is 2. The maximum Gasteiger partial charge on any atom is 0.255 e. The van der Waals surface area contributed by atoms with Crippen LogP contribution in [0.2, 0.25) is 0 Å². The first kappa shape index (κ1) is 22.2. The Labute approximate surface area is 195 Å². The lowest BCUT2D eigenvalue weighted by atomic mass is 9.89. The smallest absolute Gasteiger partial charge is 0.255 e. The van der Waals surface area contributed by atoms with Crippen LogP contribution in [0.4, 0.5) is 0 Å². The molecule has 1 aliphatic carbocycles. The van der Waals surface area contributed by atoms with Crippen LogP contribution in [0.15, 0.2) is 36.4 Å². The minimum Gasteiger partial charge on any atom is -0.506 e. The summed E-state index contributed by atoms with van der Waals surface area (Å²) in [7, 11) is 0. The molecule has 2 aromatic rings. The van der Waals surface area contributed by atoms with E-state index in [0.717, 1.165) is 37.9 Å². The Morgan fingerprint density at radius 2 is 1.73 bits per heavy atom. The first-order valence-electron chi connectivity index (χ1n) is 12.6. The second-order valence-electron chi connectivity index (χ2n) is 10.1. The van der Waals surface area contributed by atoms with E-state index in [1.54, 1.807) is 6.07 Å². The number of benzene rings is 2. The van der Waals surface area contributed by atoms with E-state index >= 15 is 0 Å². The summed E-state index contributed by atoms with van der Waals surface area (Å²) in [5, 5.41) is 15.4. The molecule has 2 atom stereocenters. The predicted molar refractivity (Wildman–Crippen MR) is 129 cm³/mol. The Morgan fingerprint density at radius 1 is 0.970 bits per heavy atom.